The largest absolute Gasteiger partial charge is 0.508 e. The topological polar surface area (TPSA) is 454 Å². The number of carboxylic acids is 3. The van der Waals surface area contributed by atoms with E-state index in [-0.39, 0.29) is 49.0 Å². The number of hydrogen-bond acceptors (Lipinski definition) is 15. The van der Waals surface area contributed by atoms with Gasteiger partial charge in [-0.2, -0.15) is 0 Å². The number of phenolic OH excluding ortho intramolecular Hbond substituents is 2. The summed E-state index contributed by atoms with van der Waals surface area (Å²) in [6.07, 6.45) is -3.50. The molecule has 0 saturated heterocycles. The fourth-order valence-corrected chi connectivity index (χ4v) is 7.82. The van der Waals surface area contributed by atoms with E-state index in [1.807, 2.05) is 0 Å². The molecule has 27 nitrogen and oxygen atoms in total. The Bertz CT molecular complexity index is 2510. The molecule has 442 valence electrons. The first kappa shape index (κ1) is 67.7. The van der Waals surface area contributed by atoms with Gasteiger partial charge in [0.25, 0.3) is 0 Å². The Morgan fingerprint density at radius 2 is 0.825 bits per heavy atom. The number of hydrogen-bond donors (Lipinski definition) is 15. The van der Waals surface area contributed by atoms with Gasteiger partial charge in [-0.3, -0.25) is 52.7 Å². The zero-order valence-corrected chi connectivity index (χ0v) is 46.1. The van der Waals surface area contributed by atoms with Crippen LogP contribution >= 0.6 is 0 Å². The van der Waals surface area contributed by atoms with E-state index in [1.54, 1.807) is 34.6 Å². The average molecular weight is 1130 g/mol. The molecule has 0 aliphatic heterocycles. The zero-order chi connectivity index (χ0) is 60.7. The highest BCUT2D eigenvalue weighted by Crippen LogP contribution is 2.17. The van der Waals surface area contributed by atoms with Crippen LogP contribution in [0.5, 0.6) is 11.5 Å². The Balaban J connectivity index is 2.61. The van der Waals surface area contributed by atoms with Crippen molar-refractivity contribution in [2.75, 3.05) is 0 Å². The molecule has 0 radical (unpaired) electrons. The molecule has 0 aliphatic rings. The Morgan fingerprint density at radius 1 is 0.463 bits per heavy atom. The number of carboxylic acid groups (broad SMARTS) is 3. The van der Waals surface area contributed by atoms with Gasteiger partial charge in [0.1, 0.15) is 59.8 Å². The monoisotopic (exact) mass is 1130 g/mol. The molecule has 0 aliphatic carbocycles. The maximum Gasteiger partial charge on any atom is 0.326 e. The molecule has 2 rings (SSSR count). The van der Waals surface area contributed by atoms with Crippen molar-refractivity contribution in [1.82, 2.24) is 42.5 Å². The third-order valence-corrected chi connectivity index (χ3v) is 12.7. The zero-order valence-electron chi connectivity index (χ0n) is 46.1. The predicted molar refractivity (Wildman–Crippen MR) is 286 cm³/mol. The predicted octanol–water partition coefficient (Wildman–Crippen LogP) is -1.21. The van der Waals surface area contributed by atoms with Gasteiger partial charge in [0.2, 0.25) is 53.2 Å². The van der Waals surface area contributed by atoms with Gasteiger partial charge in [0.15, 0.2) is 0 Å². The van der Waals surface area contributed by atoms with Crippen molar-refractivity contribution in [3.05, 3.63) is 59.7 Å². The van der Waals surface area contributed by atoms with E-state index in [2.05, 4.69) is 42.5 Å². The number of nitrogens with one attached hydrogen (secondary N) is 8. The first-order chi connectivity index (χ1) is 37.3. The summed E-state index contributed by atoms with van der Waals surface area (Å²) in [5.41, 5.74) is 12.3. The molecule has 0 heterocycles. The molecule has 2 aromatic carbocycles. The number of nitrogens with two attached hydrogens (primary N) is 2. The van der Waals surface area contributed by atoms with E-state index in [0.29, 0.717) is 11.1 Å². The molecule has 0 unspecified atom stereocenters. The highest BCUT2D eigenvalue weighted by molar-refractivity contribution is 5.99. The quantitative estimate of drug-likeness (QED) is 0.0391. The second-order valence-electron chi connectivity index (χ2n) is 20.6. The molecule has 17 N–H and O–H groups in total. The lowest BCUT2D eigenvalue weighted by Gasteiger charge is -2.30. The first-order valence-corrected chi connectivity index (χ1v) is 26.0. The molecule has 0 spiro atoms. The summed E-state index contributed by atoms with van der Waals surface area (Å²) in [5.74, 6) is -16.1. The molecular formula is C53H78N10O17. The van der Waals surface area contributed by atoms with Crippen LogP contribution in [0.15, 0.2) is 48.5 Å². The Hall–Kier alpha value is -8.36. The smallest absolute Gasteiger partial charge is 0.326 e. The van der Waals surface area contributed by atoms with Crippen LogP contribution in [0.3, 0.4) is 0 Å². The molecular weight excluding hydrogens is 1050 g/mol. The number of amides is 9. The highest BCUT2D eigenvalue weighted by Gasteiger charge is 2.38. The first-order valence-electron chi connectivity index (χ1n) is 26.0. The molecule has 0 bridgehead atoms. The lowest BCUT2D eigenvalue weighted by atomic mass is 9.96. The maximum absolute atomic E-state index is 14.5. The average Bonchev–Trinajstić information content (AvgIpc) is 3.36. The number of primary amides is 1. The second kappa shape index (κ2) is 32.5. The lowest BCUT2D eigenvalue weighted by Crippen LogP contribution is -2.62. The van der Waals surface area contributed by atoms with E-state index < -0.39 is 163 Å². The number of carbonyl (C=O) groups is 12. The van der Waals surface area contributed by atoms with Crippen LogP contribution in [-0.4, -0.2) is 151 Å². The van der Waals surface area contributed by atoms with Gasteiger partial charge in [-0.1, -0.05) is 86.1 Å². The molecule has 9 amide bonds. The lowest BCUT2D eigenvalue weighted by molar-refractivity contribution is -0.145. The fourth-order valence-electron chi connectivity index (χ4n) is 7.82. The standard InChI is InChI=1S/C53H78N10O17/c1-9-28(8)44(52(78)61-37(23-40(67)68)48(74)59-38(24-41(69)70)50(76)62-43(27(6)7)53(79)80)63-49(75)36(22-30-12-16-32(65)17-13-30)57-45(71)33(18-19-39(54)66)56-47(73)35(21-29-10-14-31(64)15-11-29)58-46(72)34(20-25(2)3)60-51(77)42(55)26(4)5/h10-17,25-28,33-38,42-44,64-65H,9,18-24,55H2,1-8H3,(H2,54,66)(H,56,73)(H,57,71)(H,58,72)(H,59,74)(H,60,77)(H,61,78)(H,62,76)(H,63,75)(H,67,68)(H,69,70)(H,79,80)/t28-,33-,34-,35-,36-,37-,38-,42-,43-,44-/m0/s1. The number of aliphatic carboxylic acids is 3. The van der Waals surface area contributed by atoms with Crippen LogP contribution in [0, 0.1) is 23.7 Å². The van der Waals surface area contributed by atoms with Crippen molar-refractivity contribution in [3.8, 4) is 11.5 Å². The second-order valence-corrected chi connectivity index (χ2v) is 20.6. The van der Waals surface area contributed by atoms with E-state index in [4.69, 9.17) is 11.5 Å². The van der Waals surface area contributed by atoms with Crippen LogP contribution in [-0.2, 0) is 70.4 Å². The van der Waals surface area contributed by atoms with E-state index >= 15 is 0 Å². The maximum atomic E-state index is 14.5. The Labute approximate surface area is 462 Å². The minimum atomic E-state index is -2.03. The molecule has 0 saturated carbocycles. The van der Waals surface area contributed by atoms with E-state index in [9.17, 15) is 83.1 Å². The number of aromatic hydroxyl groups is 2. The van der Waals surface area contributed by atoms with Crippen molar-refractivity contribution >= 4 is 71.1 Å². The molecule has 2 aromatic rings. The van der Waals surface area contributed by atoms with Gasteiger partial charge in [0.05, 0.1) is 18.9 Å². The van der Waals surface area contributed by atoms with Crippen LogP contribution in [0.1, 0.15) is 105 Å². The van der Waals surface area contributed by atoms with Crippen molar-refractivity contribution in [1.29, 1.82) is 0 Å². The third kappa shape index (κ3) is 23.3. The van der Waals surface area contributed by atoms with Gasteiger partial charge >= 0.3 is 17.9 Å². The molecule has 10 atom stereocenters. The van der Waals surface area contributed by atoms with Crippen LogP contribution in [0.2, 0.25) is 0 Å². The van der Waals surface area contributed by atoms with E-state index in [0.717, 1.165) is 0 Å². The summed E-state index contributed by atoms with van der Waals surface area (Å²) in [5, 5.41) is 68.2. The van der Waals surface area contributed by atoms with Crippen molar-refractivity contribution in [2.45, 2.75) is 161 Å². The van der Waals surface area contributed by atoms with Crippen LogP contribution in [0.4, 0.5) is 0 Å². The molecule has 80 heavy (non-hydrogen) atoms. The molecule has 0 fully saturated rings. The third-order valence-electron chi connectivity index (χ3n) is 12.7. The van der Waals surface area contributed by atoms with Crippen LogP contribution in [0.25, 0.3) is 0 Å². The summed E-state index contributed by atoms with van der Waals surface area (Å²) in [4.78, 5) is 159. The molecule has 27 heteroatoms. The summed E-state index contributed by atoms with van der Waals surface area (Å²) >= 11 is 0. The summed E-state index contributed by atoms with van der Waals surface area (Å²) in [7, 11) is 0. The normalized spacial score (nSPS) is 14.9. The highest BCUT2D eigenvalue weighted by atomic mass is 16.4. The summed E-state index contributed by atoms with van der Waals surface area (Å²) < 4.78 is 0. The Morgan fingerprint density at radius 3 is 1.23 bits per heavy atom. The van der Waals surface area contributed by atoms with Crippen molar-refractivity contribution in [2.24, 2.45) is 35.1 Å². The number of rotatable bonds is 34. The summed E-state index contributed by atoms with van der Waals surface area (Å²) in [6.45, 7) is 13.1. The number of carbonyl (C=O) groups excluding carboxylic acids is 9. The summed E-state index contributed by atoms with van der Waals surface area (Å²) in [6, 6.07) is -3.10. The van der Waals surface area contributed by atoms with Crippen molar-refractivity contribution < 1.29 is 83.1 Å². The SMILES string of the molecule is CC[C@H](C)[C@H](NC(=O)[C@H](Cc1ccc(O)cc1)NC(=O)[C@H](CCC(N)=O)NC(=O)[C@H](Cc1ccc(O)cc1)NC(=O)[C@H](CC(C)C)NC(=O)[C@@H](N)C(C)C)C(=O)N[C@@H](CC(=O)O)C(=O)N[C@@H](CC(=O)O)C(=O)N[C@H](C(=O)O)C(C)C. The minimum absolute atomic E-state index is 0.109. The van der Waals surface area contributed by atoms with Gasteiger partial charge in [-0.15, -0.1) is 0 Å². The Kier molecular flexibility index (Phi) is 27.5. The number of phenols is 2. The fraction of sp³-hybridized carbons (Fsp3) is 0.547. The van der Waals surface area contributed by atoms with Gasteiger partial charge < -0.3 is 79.5 Å². The van der Waals surface area contributed by atoms with Gasteiger partial charge in [-0.05, 0) is 71.9 Å². The van der Waals surface area contributed by atoms with E-state index in [1.165, 1.54) is 69.3 Å². The van der Waals surface area contributed by atoms with Crippen LogP contribution < -0.4 is 54.0 Å². The molecule has 0 aromatic heterocycles. The number of benzene rings is 2. The van der Waals surface area contributed by atoms with Crippen molar-refractivity contribution in [3.63, 3.8) is 0 Å². The van der Waals surface area contributed by atoms with Gasteiger partial charge in [-0.25, -0.2) is 4.79 Å². The van der Waals surface area contributed by atoms with Gasteiger partial charge in [0, 0.05) is 19.3 Å². The minimum Gasteiger partial charge on any atom is -0.508 e.